The van der Waals surface area contributed by atoms with Crippen LogP contribution in [0.15, 0.2) is 0 Å². The van der Waals surface area contributed by atoms with Gasteiger partial charge in [-0.05, 0) is 27.4 Å². The van der Waals surface area contributed by atoms with Gasteiger partial charge in [-0.3, -0.25) is 0 Å². The largest absolute Gasteiger partial charge is 0.113 e. The molecule has 1 aromatic carbocycles. The highest BCUT2D eigenvalue weighted by molar-refractivity contribution is 6.63. The van der Waals surface area contributed by atoms with Crippen LogP contribution in [0.1, 0.15) is 52.7 Å². The van der Waals surface area contributed by atoms with Gasteiger partial charge in [0, 0.05) is 0 Å². The van der Waals surface area contributed by atoms with E-state index in [1.165, 1.54) is 0 Å². The van der Waals surface area contributed by atoms with Crippen LogP contribution in [0, 0.1) is 5.41 Å². The van der Waals surface area contributed by atoms with Gasteiger partial charge in [-0.2, -0.15) is 0 Å². The van der Waals surface area contributed by atoms with Gasteiger partial charge >= 0.3 is 0 Å². The molecule has 0 spiro atoms. The van der Waals surface area contributed by atoms with Crippen molar-refractivity contribution in [3.63, 3.8) is 0 Å². The van der Waals surface area contributed by atoms with Gasteiger partial charge in [-0.25, -0.2) is 0 Å². The Labute approximate surface area is 122 Å². The van der Waals surface area contributed by atoms with E-state index in [-0.39, 0.29) is 16.2 Å². The van der Waals surface area contributed by atoms with Crippen molar-refractivity contribution in [2.45, 2.75) is 52.4 Å². The maximum atomic E-state index is 6.26. The van der Waals surface area contributed by atoms with Crippen molar-refractivity contribution < 1.29 is 0 Å². The summed E-state index contributed by atoms with van der Waals surface area (Å²) in [6, 6.07) is 0. The van der Waals surface area contributed by atoms with Crippen molar-refractivity contribution in [2.24, 2.45) is 5.41 Å². The Balaban J connectivity index is 3.02. The first-order valence-electron chi connectivity index (χ1n) is 6.65. The minimum atomic E-state index is -0.119. The highest BCUT2D eigenvalue weighted by atomic mass is 14.6. The second-order valence-corrected chi connectivity index (χ2v) is 7.28. The lowest BCUT2D eigenvalue weighted by Gasteiger charge is -2.45. The molecule has 0 atom stereocenters. The summed E-state index contributed by atoms with van der Waals surface area (Å²) in [6.07, 6.45) is 0. The van der Waals surface area contributed by atoms with Crippen molar-refractivity contribution in [1.29, 1.82) is 0 Å². The fourth-order valence-corrected chi connectivity index (χ4v) is 3.53. The lowest BCUT2D eigenvalue weighted by molar-refractivity contribution is 0.125. The molecule has 2 rings (SSSR count). The maximum absolute atomic E-state index is 6.26. The van der Waals surface area contributed by atoms with Gasteiger partial charge in [0.15, 0.2) is 0 Å². The van der Waals surface area contributed by atoms with Gasteiger partial charge in [0.25, 0.3) is 0 Å². The molecule has 0 heterocycles. The lowest BCUT2D eigenvalue weighted by atomic mass is 9.58. The van der Waals surface area contributed by atoms with Gasteiger partial charge in [-0.15, -0.1) is 21.9 Å². The summed E-state index contributed by atoms with van der Waals surface area (Å²) >= 11 is 0. The van der Waals surface area contributed by atoms with E-state index in [2.05, 4.69) is 41.5 Å². The zero-order valence-corrected chi connectivity index (χ0v) is 12.8. The van der Waals surface area contributed by atoms with E-state index >= 15 is 0 Å². The normalized spacial score (nSPS) is 22.2. The zero-order valence-electron chi connectivity index (χ0n) is 12.8. The van der Waals surface area contributed by atoms with Crippen LogP contribution in [0.3, 0.4) is 0 Å². The van der Waals surface area contributed by atoms with Crippen molar-refractivity contribution in [2.75, 3.05) is 0 Å². The predicted octanol–water partition coefficient (Wildman–Crippen LogP) is -0.543. The molecule has 1 aromatic rings. The molecule has 0 fully saturated rings. The molecule has 0 N–H and O–H groups in total. The first-order valence-corrected chi connectivity index (χ1v) is 6.65. The molecule has 19 heavy (non-hydrogen) atoms. The first-order chi connectivity index (χ1) is 8.39. The van der Waals surface area contributed by atoms with Crippen LogP contribution in [-0.4, -0.2) is 31.4 Å². The van der Waals surface area contributed by atoms with E-state index in [4.69, 9.17) is 31.4 Å². The van der Waals surface area contributed by atoms with Crippen LogP contribution in [-0.2, 0) is 10.8 Å². The van der Waals surface area contributed by atoms with E-state index in [1.807, 2.05) is 0 Å². The zero-order chi connectivity index (χ0) is 15.0. The lowest BCUT2D eigenvalue weighted by Crippen LogP contribution is -2.52. The summed E-state index contributed by atoms with van der Waals surface area (Å²) in [5.41, 5.74) is 3.88. The SMILES string of the molecule is [B]c1c([B])c([B])c2c(c1[B])C(C)(C)C(C)(C)C2(C)C. The fraction of sp³-hybridized carbons (Fsp3) is 0.600. The molecule has 1 aliphatic carbocycles. The van der Waals surface area contributed by atoms with Crippen molar-refractivity contribution in [3.8, 4) is 0 Å². The van der Waals surface area contributed by atoms with E-state index < -0.39 is 0 Å². The summed E-state index contributed by atoms with van der Waals surface area (Å²) in [5.74, 6) is 0. The van der Waals surface area contributed by atoms with Gasteiger partial charge in [0.2, 0.25) is 0 Å². The fourth-order valence-electron chi connectivity index (χ4n) is 3.53. The highest BCUT2D eigenvalue weighted by Crippen LogP contribution is 2.59. The number of hydrogen-bond acceptors (Lipinski definition) is 0. The first kappa shape index (κ1) is 14.9. The van der Waals surface area contributed by atoms with Crippen LogP contribution in [0.4, 0.5) is 0 Å². The molecule has 0 nitrogen and oxygen atoms in total. The third kappa shape index (κ3) is 1.46. The average molecular weight is 242 g/mol. The molecule has 0 unspecified atom stereocenters. The summed E-state index contributed by atoms with van der Waals surface area (Å²) in [4.78, 5) is 0. The Morgan fingerprint density at radius 2 is 0.789 bits per heavy atom. The molecule has 1 aliphatic rings. The van der Waals surface area contributed by atoms with Crippen LogP contribution >= 0.6 is 0 Å². The molecule has 0 aliphatic heterocycles. The van der Waals surface area contributed by atoms with E-state index in [0.29, 0.717) is 21.9 Å². The molecule has 8 radical (unpaired) electrons. The molecule has 0 saturated heterocycles. The van der Waals surface area contributed by atoms with Crippen molar-refractivity contribution >= 4 is 53.2 Å². The molecular formula is C15H18B4. The average Bonchev–Trinajstić information content (AvgIpc) is 2.39. The Morgan fingerprint density at radius 3 is 1.05 bits per heavy atom. The summed E-state index contributed by atoms with van der Waals surface area (Å²) in [7, 11) is 24.6. The molecule has 4 heteroatoms. The van der Waals surface area contributed by atoms with Gasteiger partial charge in [-0.1, -0.05) is 41.5 Å². The van der Waals surface area contributed by atoms with Crippen LogP contribution < -0.4 is 21.9 Å². The Morgan fingerprint density at radius 1 is 0.526 bits per heavy atom. The number of rotatable bonds is 0. The molecule has 0 saturated carbocycles. The molecular weight excluding hydrogens is 223 g/mol. The number of hydrogen-bond donors (Lipinski definition) is 0. The van der Waals surface area contributed by atoms with E-state index in [0.717, 1.165) is 11.1 Å². The second kappa shape index (κ2) is 3.77. The van der Waals surface area contributed by atoms with Gasteiger partial charge in [0.05, 0.1) is 0 Å². The molecule has 0 bridgehead atoms. The molecule has 90 valence electrons. The minimum absolute atomic E-state index is 0.00912. The smallest absolute Gasteiger partial charge is 0.111 e. The number of fused-ring (bicyclic) bond motifs is 1. The second-order valence-electron chi connectivity index (χ2n) is 7.28. The minimum Gasteiger partial charge on any atom is -0.111 e. The predicted molar refractivity (Wildman–Crippen MR) is 87.8 cm³/mol. The Kier molecular flexibility index (Phi) is 2.95. The van der Waals surface area contributed by atoms with Gasteiger partial charge < -0.3 is 0 Å². The van der Waals surface area contributed by atoms with E-state index in [1.54, 1.807) is 0 Å². The van der Waals surface area contributed by atoms with Crippen LogP contribution in [0.25, 0.3) is 0 Å². The van der Waals surface area contributed by atoms with E-state index in [9.17, 15) is 0 Å². The van der Waals surface area contributed by atoms with Crippen molar-refractivity contribution in [1.82, 2.24) is 0 Å². The highest BCUT2D eigenvalue weighted by Gasteiger charge is 2.57. The quantitative estimate of drug-likeness (QED) is 0.535. The summed E-state index contributed by atoms with van der Waals surface area (Å²) in [6.45, 7) is 13.3. The third-order valence-electron chi connectivity index (χ3n) is 6.03. The van der Waals surface area contributed by atoms with Crippen molar-refractivity contribution in [3.05, 3.63) is 11.1 Å². The Hall–Kier alpha value is -0.520. The number of benzene rings is 1. The standard InChI is InChI=1S/C15H18B4/c1-13(2)7-8(14(3,4)15(13,5)6)10(17)12(19)11(18)9(7)16/h1-6H3. The van der Waals surface area contributed by atoms with Gasteiger partial charge in [0.1, 0.15) is 31.4 Å². The topological polar surface area (TPSA) is 0 Å². The van der Waals surface area contributed by atoms with Crippen LogP contribution in [0.2, 0.25) is 0 Å². The summed E-state index contributed by atoms with van der Waals surface area (Å²) in [5, 5.41) is 0. The monoisotopic (exact) mass is 242 g/mol. The molecule has 0 aromatic heterocycles. The third-order valence-corrected chi connectivity index (χ3v) is 6.03. The molecule has 0 amide bonds. The summed E-state index contributed by atoms with van der Waals surface area (Å²) < 4.78 is 0. The Bertz CT molecular complexity index is 519. The van der Waals surface area contributed by atoms with Crippen LogP contribution in [0.5, 0.6) is 0 Å². The maximum Gasteiger partial charge on any atom is 0.113 e.